The standard InChI is InChI=1S/C31H62NO3/c1-4-7-10-13-14-17-24-30(23-16-11-8-5-2)31(34)35-29-22-15-19-26-32(27-20-21-28-33)25-18-12-9-6-3/h30,33H,3-29H2,1-2H3. The highest BCUT2D eigenvalue weighted by Gasteiger charge is 2.19. The zero-order chi connectivity index (χ0) is 25.8. The molecule has 0 fully saturated rings. The molecule has 0 rings (SSSR count). The Bertz CT molecular complexity index is 429. The summed E-state index contributed by atoms with van der Waals surface area (Å²) in [6.07, 6.45) is 24.5. The summed E-state index contributed by atoms with van der Waals surface area (Å²) in [5.74, 6) is 0.171. The van der Waals surface area contributed by atoms with Crippen LogP contribution in [0.5, 0.6) is 0 Å². The lowest BCUT2D eigenvalue weighted by Gasteiger charge is -2.22. The van der Waals surface area contributed by atoms with E-state index in [1.54, 1.807) is 0 Å². The first-order chi connectivity index (χ1) is 17.2. The van der Waals surface area contributed by atoms with Gasteiger partial charge in [0.2, 0.25) is 0 Å². The van der Waals surface area contributed by atoms with Gasteiger partial charge < -0.3 is 14.7 Å². The van der Waals surface area contributed by atoms with Gasteiger partial charge in [0.05, 0.1) is 12.5 Å². The third-order valence-corrected chi connectivity index (χ3v) is 7.12. The molecule has 0 saturated heterocycles. The van der Waals surface area contributed by atoms with Gasteiger partial charge in [-0.1, -0.05) is 104 Å². The smallest absolute Gasteiger partial charge is 0.308 e. The zero-order valence-corrected chi connectivity index (χ0v) is 23.9. The molecule has 0 aromatic heterocycles. The van der Waals surface area contributed by atoms with Crippen molar-refractivity contribution in [2.24, 2.45) is 5.92 Å². The molecule has 35 heavy (non-hydrogen) atoms. The number of nitrogens with zero attached hydrogens (tertiary/aromatic N) is 1. The third kappa shape index (κ3) is 23.5. The minimum absolute atomic E-state index is 0.0612. The van der Waals surface area contributed by atoms with Crippen LogP contribution >= 0.6 is 0 Å². The molecule has 1 atom stereocenters. The van der Waals surface area contributed by atoms with Gasteiger partial charge in [0, 0.05) is 6.61 Å². The maximum Gasteiger partial charge on any atom is 0.308 e. The summed E-state index contributed by atoms with van der Waals surface area (Å²) in [4.78, 5) is 15.3. The van der Waals surface area contributed by atoms with Crippen molar-refractivity contribution in [3.05, 3.63) is 6.92 Å². The van der Waals surface area contributed by atoms with Gasteiger partial charge in [0.1, 0.15) is 0 Å². The number of unbranched alkanes of at least 4 members (excludes halogenated alkanes) is 14. The van der Waals surface area contributed by atoms with E-state index < -0.39 is 0 Å². The van der Waals surface area contributed by atoms with Crippen LogP contribution < -0.4 is 0 Å². The van der Waals surface area contributed by atoms with Crippen LogP contribution in [0.3, 0.4) is 0 Å². The normalized spacial score (nSPS) is 12.4. The van der Waals surface area contributed by atoms with E-state index in [1.165, 1.54) is 70.6 Å². The molecular formula is C31H62NO3. The van der Waals surface area contributed by atoms with Crippen molar-refractivity contribution in [1.29, 1.82) is 0 Å². The molecule has 0 aliphatic carbocycles. The molecule has 0 aliphatic heterocycles. The molecule has 0 spiro atoms. The number of ether oxygens (including phenoxy) is 1. The van der Waals surface area contributed by atoms with Crippen LogP contribution in [0.4, 0.5) is 0 Å². The van der Waals surface area contributed by atoms with Gasteiger partial charge in [-0.05, 0) is 71.0 Å². The van der Waals surface area contributed by atoms with Crippen LogP contribution in [0.15, 0.2) is 0 Å². The fraction of sp³-hybridized carbons (Fsp3) is 0.935. The monoisotopic (exact) mass is 496 g/mol. The van der Waals surface area contributed by atoms with Gasteiger partial charge in [-0.15, -0.1) is 0 Å². The Labute approximate surface area is 220 Å². The van der Waals surface area contributed by atoms with Crippen LogP contribution in [0.2, 0.25) is 0 Å². The van der Waals surface area contributed by atoms with Crippen molar-refractivity contribution in [1.82, 2.24) is 4.90 Å². The molecular weight excluding hydrogens is 434 g/mol. The van der Waals surface area contributed by atoms with Crippen LogP contribution in [0.1, 0.15) is 149 Å². The van der Waals surface area contributed by atoms with Crippen molar-refractivity contribution < 1.29 is 14.6 Å². The largest absolute Gasteiger partial charge is 0.465 e. The van der Waals surface area contributed by atoms with Crippen molar-refractivity contribution >= 4 is 5.97 Å². The summed E-state index contributed by atoms with van der Waals surface area (Å²) in [6.45, 7) is 12.6. The van der Waals surface area contributed by atoms with Crippen LogP contribution in [0, 0.1) is 12.8 Å². The molecule has 0 amide bonds. The number of carbonyl (C=O) groups is 1. The number of esters is 1. The molecule has 0 aromatic carbocycles. The molecule has 0 saturated carbocycles. The molecule has 1 radical (unpaired) electrons. The average Bonchev–Trinajstić information content (AvgIpc) is 2.86. The summed E-state index contributed by atoms with van der Waals surface area (Å²) in [5.41, 5.74) is 0. The fourth-order valence-corrected chi connectivity index (χ4v) is 4.75. The lowest BCUT2D eigenvalue weighted by atomic mass is 9.94. The summed E-state index contributed by atoms with van der Waals surface area (Å²) < 4.78 is 5.75. The molecule has 0 bridgehead atoms. The van der Waals surface area contributed by atoms with Crippen LogP contribution in [0.25, 0.3) is 0 Å². The van der Waals surface area contributed by atoms with E-state index in [-0.39, 0.29) is 11.9 Å². The van der Waals surface area contributed by atoms with E-state index in [2.05, 4.69) is 25.7 Å². The minimum atomic E-state index is 0.0612. The highest BCUT2D eigenvalue weighted by Crippen LogP contribution is 2.20. The predicted molar refractivity (Wildman–Crippen MR) is 152 cm³/mol. The zero-order valence-electron chi connectivity index (χ0n) is 23.9. The molecule has 0 heterocycles. The SMILES string of the molecule is [CH2]CCCCCN(CCCCO)CCCCCOC(=O)C(CCCCCC)CCCCCCCC. The number of rotatable bonds is 28. The molecule has 4 heteroatoms. The van der Waals surface area contributed by atoms with Crippen LogP contribution in [-0.2, 0) is 9.53 Å². The van der Waals surface area contributed by atoms with E-state index in [1.807, 2.05) is 0 Å². The van der Waals surface area contributed by atoms with Crippen molar-refractivity contribution in [2.45, 2.75) is 149 Å². The molecule has 0 aromatic rings. The van der Waals surface area contributed by atoms with E-state index >= 15 is 0 Å². The number of aliphatic hydroxyl groups is 1. The van der Waals surface area contributed by atoms with E-state index in [9.17, 15) is 4.79 Å². The fourth-order valence-electron chi connectivity index (χ4n) is 4.75. The number of hydrogen-bond acceptors (Lipinski definition) is 4. The van der Waals surface area contributed by atoms with E-state index in [4.69, 9.17) is 9.84 Å². The lowest BCUT2D eigenvalue weighted by molar-refractivity contribution is -0.149. The number of hydrogen-bond donors (Lipinski definition) is 1. The summed E-state index contributed by atoms with van der Waals surface area (Å²) in [7, 11) is 0. The second-order valence-corrected chi connectivity index (χ2v) is 10.5. The maximum atomic E-state index is 12.8. The van der Waals surface area contributed by atoms with E-state index in [0.717, 1.165) is 83.8 Å². The predicted octanol–water partition coefficient (Wildman–Crippen LogP) is 8.51. The highest BCUT2D eigenvalue weighted by molar-refractivity contribution is 5.72. The molecule has 1 unspecified atom stereocenters. The quantitative estimate of drug-likeness (QED) is 0.0871. The van der Waals surface area contributed by atoms with Gasteiger partial charge in [-0.25, -0.2) is 0 Å². The van der Waals surface area contributed by atoms with E-state index in [0.29, 0.717) is 13.2 Å². The van der Waals surface area contributed by atoms with Gasteiger partial charge in [0.25, 0.3) is 0 Å². The van der Waals surface area contributed by atoms with Crippen molar-refractivity contribution in [2.75, 3.05) is 32.8 Å². The second-order valence-electron chi connectivity index (χ2n) is 10.5. The average molecular weight is 497 g/mol. The highest BCUT2D eigenvalue weighted by atomic mass is 16.5. The maximum absolute atomic E-state index is 12.8. The van der Waals surface area contributed by atoms with Crippen LogP contribution in [-0.4, -0.2) is 48.8 Å². The third-order valence-electron chi connectivity index (χ3n) is 7.12. The van der Waals surface area contributed by atoms with Gasteiger partial charge in [-0.2, -0.15) is 0 Å². The Kier molecular flexibility index (Phi) is 27.5. The summed E-state index contributed by atoms with van der Waals surface area (Å²) in [6, 6.07) is 0. The Morgan fingerprint density at radius 3 is 1.74 bits per heavy atom. The number of aliphatic hydroxyl groups excluding tert-OH is 1. The molecule has 0 aliphatic rings. The molecule has 4 nitrogen and oxygen atoms in total. The minimum Gasteiger partial charge on any atom is -0.465 e. The Morgan fingerprint density at radius 2 is 1.17 bits per heavy atom. The van der Waals surface area contributed by atoms with Crippen molar-refractivity contribution in [3.8, 4) is 0 Å². The van der Waals surface area contributed by atoms with Gasteiger partial charge in [0.15, 0.2) is 0 Å². The van der Waals surface area contributed by atoms with Crippen molar-refractivity contribution in [3.63, 3.8) is 0 Å². The lowest BCUT2D eigenvalue weighted by Crippen LogP contribution is -2.27. The summed E-state index contributed by atoms with van der Waals surface area (Å²) in [5, 5.41) is 9.08. The topological polar surface area (TPSA) is 49.8 Å². The Morgan fingerprint density at radius 1 is 0.686 bits per heavy atom. The first kappa shape index (κ1) is 34.4. The first-order valence-corrected chi connectivity index (χ1v) is 15.5. The Balaban J connectivity index is 4.18. The van der Waals surface area contributed by atoms with Gasteiger partial charge >= 0.3 is 5.97 Å². The second kappa shape index (κ2) is 28.0. The molecule has 1 N–H and O–H groups in total. The van der Waals surface area contributed by atoms with Gasteiger partial charge in [-0.3, -0.25) is 4.79 Å². The molecule has 209 valence electrons. The summed E-state index contributed by atoms with van der Waals surface area (Å²) >= 11 is 0. The number of carbonyl (C=O) groups excluding carboxylic acids is 1. The first-order valence-electron chi connectivity index (χ1n) is 15.5. The Hall–Kier alpha value is -0.610.